The Morgan fingerprint density at radius 2 is 1.95 bits per heavy atom. The van der Waals surface area contributed by atoms with Crippen molar-refractivity contribution >= 4 is 28.9 Å². The molecule has 0 aliphatic rings. The SMILES string of the molecule is CC(Sc1nnc(-c2cccs2)n1C)C(=O)c1ccccc1. The van der Waals surface area contributed by atoms with Crippen LogP contribution >= 0.6 is 23.1 Å². The number of benzene rings is 1. The number of thioether (sulfide) groups is 1. The molecule has 1 unspecified atom stereocenters. The Kier molecular flexibility index (Phi) is 4.40. The number of carbonyl (C=O) groups excluding carboxylic acids is 1. The van der Waals surface area contributed by atoms with Gasteiger partial charge in [0.2, 0.25) is 0 Å². The summed E-state index contributed by atoms with van der Waals surface area (Å²) in [4.78, 5) is 13.5. The fraction of sp³-hybridized carbons (Fsp3) is 0.188. The van der Waals surface area contributed by atoms with E-state index in [1.807, 2.05) is 66.4 Å². The second-order valence-electron chi connectivity index (χ2n) is 4.83. The molecular formula is C16H15N3OS2. The molecule has 1 atom stereocenters. The van der Waals surface area contributed by atoms with E-state index >= 15 is 0 Å². The minimum absolute atomic E-state index is 0.103. The van der Waals surface area contributed by atoms with E-state index in [1.54, 1.807) is 11.3 Å². The first-order valence-corrected chi connectivity index (χ1v) is 8.62. The lowest BCUT2D eigenvalue weighted by molar-refractivity contribution is 0.0994. The highest BCUT2D eigenvalue weighted by molar-refractivity contribution is 8.00. The van der Waals surface area contributed by atoms with Gasteiger partial charge in [0.05, 0.1) is 10.1 Å². The fourth-order valence-electron chi connectivity index (χ4n) is 2.09. The van der Waals surface area contributed by atoms with Crippen LogP contribution in [0.15, 0.2) is 53.0 Å². The first-order valence-electron chi connectivity index (χ1n) is 6.86. The summed E-state index contributed by atoms with van der Waals surface area (Å²) < 4.78 is 1.94. The van der Waals surface area contributed by atoms with Gasteiger partial charge in [0, 0.05) is 12.6 Å². The molecule has 0 spiro atoms. The molecular weight excluding hydrogens is 314 g/mol. The van der Waals surface area contributed by atoms with Gasteiger partial charge in [-0.25, -0.2) is 0 Å². The van der Waals surface area contributed by atoms with Gasteiger partial charge in [-0.05, 0) is 18.4 Å². The van der Waals surface area contributed by atoms with E-state index in [-0.39, 0.29) is 11.0 Å². The molecule has 22 heavy (non-hydrogen) atoms. The van der Waals surface area contributed by atoms with E-state index in [1.165, 1.54) is 11.8 Å². The van der Waals surface area contributed by atoms with Crippen LogP contribution in [-0.2, 0) is 7.05 Å². The molecule has 0 saturated heterocycles. The predicted octanol–water partition coefficient (Wildman–Crippen LogP) is 3.91. The summed E-state index contributed by atoms with van der Waals surface area (Å²) >= 11 is 3.06. The van der Waals surface area contributed by atoms with Gasteiger partial charge >= 0.3 is 0 Å². The molecule has 3 aromatic rings. The summed E-state index contributed by atoms with van der Waals surface area (Å²) in [5.41, 5.74) is 0.725. The average molecular weight is 329 g/mol. The monoisotopic (exact) mass is 329 g/mol. The lowest BCUT2D eigenvalue weighted by Crippen LogP contribution is -2.14. The third kappa shape index (κ3) is 2.98. The van der Waals surface area contributed by atoms with Gasteiger partial charge in [0.25, 0.3) is 0 Å². The van der Waals surface area contributed by atoms with Gasteiger partial charge in [-0.15, -0.1) is 21.5 Å². The summed E-state index contributed by atoms with van der Waals surface area (Å²) in [6.45, 7) is 1.90. The third-order valence-electron chi connectivity index (χ3n) is 3.29. The van der Waals surface area contributed by atoms with Crippen molar-refractivity contribution < 1.29 is 4.79 Å². The summed E-state index contributed by atoms with van der Waals surface area (Å²) in [5.74, 6) is 0.933. The number of carbonyl (C=O) groups is 1. The average Bonchev–Trinajstić information content (AvgIpc) is 3.18. The number of hydrogen-bond donors (Lipinski definition) is 0. The van der Waals surface area contributed by atoms with Crippen molar-refractivity contribution in [3.05, 3.63) is 53.4 Å². The maximum Gasteiger partial charge on any atom is 0.191 e. The van der Waals surface area contributed by atoms with Crippen molar-refractivity contribution in [1.29, 1.82) is 0 Å². The lowest BCUT2D eigenvalue weighted by Gasteiger charge is -2.09. The molecule has 1 aromatic carbocycles. The van der Waals surface area contributed by atoms with Gasteiger partial charge < -0.3 is 4.57 Å². The van der Waals surface area contributed by atoms with Crippen molar-refractivity contribution in [2.75, 3.05) is 0 Å². The molecule has 0 N–H and O–H groups in total. The molecule has 0 radical (unpaired) electrons. The number of rotatable bonds is 5. The summed E-state index contributed by atoms with van der Waals surface area (Å²) in [6, 6.07) is 13.3. The number of ketones is 1. The van der Waals surface area contributed by atoms with E-state index in [9.17, 15) is 4.79 Å². The third-order valence-corrected chi connectivity index (χ3v) is 5.29. The van der Waals surface area contributed by atoms with Crippen molar-refractivity contribution in [3.8, 4) is 10.7 Å². The summed E-state index contributed by atoms with van der Waals surface area (Å²) in [7, 11) is 1.93. The maximum atomic E-state index is 12.4. The summed E-state index contributed by atoms with van der Waals surface area (Å²) in [6.07, 6.45) is 0. The minimum atomic E-state index is -0.207. The van der Waals surface area contributed by atoms with E-state index in [2.05, 4.69) is 10.2 Å². The molecule has 0 aliphatic heterocycles. The molecule has 0 fully saturated rings. The molecule has 112 valence electrons. The van der Waals surface area contributed by atoms with E-state index in [0.29, 0.717) is 0 Å². The Bertz CT molecular complexity index is 766. The second kappa shape index (κ2) is 6.46. The van der Waals surface area contributed by atoms with Gasteiger partial charge in [-0.3, -0.25) is 4.79 Å². The molecule has 0 amide bonds. The molecule has 0 saturated carbocycles. The number of Topliss-reactive ketones (excluding diaryl/α,β-unsaturated/α-hetero) is 1. The topological polar surface area (TPSA) is 47.8 Å². The first-order chi connectivity index (χ1) is 10.7. The molecule has 6 heteroatoms. The van der Waals surface area contributed by atoms with Crippen LogP contribution in [0.4, 0.5) is 0 Å². The molecule has 0 aliphatic carbocycles. The highest BCUT2D eigenvalue weighted by Crippen LogP contribution is 2.29. The quantitative estimate of drug-likeness (QED) is 0.526. The largest absolute Gasteiger partial charge is 0.304 e. The lowest BCUT2D eigenvalue weighted by atomic mass is 10.1. The van der Waals surface area contributed by atoms with Crippen LogP contribution in [0, 0.1) is 0 Å². The molecule has 0 bridgehead atoms. The zero-order valence-electron chi connectivity index (χ0n) is 12.3. The highest BCUT2D eigenvalue weighted by Gasteiger charge is 2.20. The standard InChI is InChI=1S/C16H15N3OS2/c1-11(14(20)12-7-4-3-5-8-12)22-16-18-17-15(19(16)2)13-9-6-10-21-13/h3-11H,1-2H3. The van der Waals surface area contributed by atoms with Crippen molar-refractivity contribution in [2.24, 2.45) is 7.05 Å². The van der Waals surface area contributed by atoms with Crippen LogP contribution in [0.25, 0.3) is 10.7 Å². The first kappa shape index (κ1) is 15.0. The van der Waals surface area contributed by atoms with Gasteiger partial charge in [0.1, 0.15) is 0 Å². The number of nitrogens with zero attached hydrogens (tertiary/aromatic N) is 3. The van der Waals surface area contributed by atoms with Crippen LogP contribution in [0.2, 0.25) is 0 Å². The summed E-state index contributed by atoms with van der Waals surface area (Å²) in [5, 5.41) is 11.0. The van der Waals surface area contributed by atoms with Gasteiger partial charge in [-0.2, -0.15) is 0 Å². The van der Waals surface area contributed by atoms with Crippen LogP contribution in [0.5, 0.6) is 0 Å². The Labute approximate surface area is 137 Å². The number of aromatic nitrogens is 3. The number of hydrogen-bond acceptors (Lipinski definition) is 5. The van der Waals surface area contributed by atoms with Crippen molar-refractivity contribution in [3.63, 3.8) is 0 Å². The van der Waals surface area contributed by atoms with Crippen molar-refractivity contribution in [2.45, 2.75) is 17.3 Å². The van der Waals surface area contributed by atoms with Crippen LogP contribution in [0.1, 0.15) is 17.3 Å². The van der Waals surface area contributed by atoms with Crippen molar-refractivity contribution in [1.82, 2.24) is 14.8 Å². The maximum absolute atomic E-state index is 12.4. The Morgan fingerprint density at radius 1 is 1.18 bits per heavy atom. The fourth-order valence-corrected chi connectivity index (χ4v) is 3.72. The molecule has 2 aromatic heterocycles. The van der Waals surface area contributed by atoms with E-state index in [4.69, 9.17) is 0 Å². The van der Waals surface area contributed by atoms with Crippen LogP contribution in [-0.4, -0.2) is 25.8 Å². The second-order valence-corrected chi connectivity index (χ2v) is 7.09. The normalized spacial score (nSPS) is 12.3. The predicted molar refractivity (Wildman–Crippen MR) is 90.4 cm³/mol. The van der Waals surface area contributed by atoms with Gasteiger partial charge in [0.15, 0.2) is 16.8 Å². The van der Waals surface area contributed by atoms with E-state index in [0.717, 1.165) is 21.4 Å². The molecule has 3 rings (SSSR count). The highest BCUT2D eigenvalue weighted by atomic mass is 32.2. The number of thiophene rings is 1. The van der Waals surface area contributed by atoms with E-state index < -0.39 is 0 Å². The van der Waals surface area contributed by atoms with Gasteiger partial charge in [-0.1, -0.05) is 48.2 Å². The Hall–Kier alpha value is -1.92. The minimum Gasteiger partial charge on any atom is -0.304 e. The zero-order chi connectivity index (χ0) is 15.5. The Morgan fingerprint density at radius 3 is 2.64 bits per heavy atom. The smallest absolute Gasteiger partial charge is 0.191 e. The van der Waals surface area contributed by atoms with Crippen LogP contribution in [0.3, 0.4) is 0 Å². The molecule has 2 heterocycles. The molecule has 4 nitrogen and oxygen atoms in total. The Balaban J connectivity index is 1.78. The zero-order valence-corrected chi connectivity index (χ0v) is 13.9. The van der Waals surface area contributed by atoms with Crippen LogP contribution < -0.4 is 0 Å².